The van der Waals surface area contributed by atoms with Crippen molar-refractivity contribution in [2.45, 2.75) is 0 Å². The predicted molar refractivity (Wildman–Crippen MR) is 121 cm³/mol. The summed E-state index contributed by atoms with van der Waals surface area (Å²) in [5.74, 6) is -2.97. The molecule has 0 saturated carbocycles. The zero-order valence-electron chi connectivity index (χ0n) is 17.9. The number of para-hydroxylation sites is 1. The first-order chi connectivity index (χ1) is 16.5. The van der Waals surface area contributed by atoms with E-state index in [2.05, 4.69) is 15.3 Å². The largest absolute Gasteiger partial charge is 0.449 e. The Balaban J connectivity index is 1.42. The second-order valence-electron chi connectivity index (χ2n) is 7.68. The van der Waals surface area contributed by atoms with Gasteiger partial charge in [-0.2, -0.15) is 0 Å². The van der Waals surface area contributed by atoms with Gasteiger partial charge in [0, 0.05) is 44.0 Å². The maximum absolute atomic E-state index is 14.2. The van der Waals surface area contributed by atoms with Crippen LogP contribution in [-0.2, 0) is 0 Å². The van der Waals surface area contributed by atoms with Crippen molar-refractivity contribution in [3.8, 4) is 0 Å². The van der Waals surface area contributed by atoms with Crippen LogP contribution < -0.4 is 10.2 Å². The van der Waals surface area contributed by atoms with Gasteiger partial charge < -0.3 is 19.5 Å². The Kier molecular flexibility index (Phi) is 5.62. The number of amides is 2. The minimum Gasteiger partial charge on any atom is -0.449 e. The first-order valence-corrected chi connectivity index (χ1v) is 10.6. The molecule has 1 fully saturated rings. The van der Waals surface area contributed by atoms with Crippen LogP contribution in [-0.4, -0.2) is 52.9 Å². The van der Waals surface area contributed by atoms with Crippen molar-refractivity contribution < 1.29 is 22.8 Å². The van der Waals surface area contributed by atoms with Crippen molar-refractivity contribution in [2.75, 3.05) is 36.4 Å². The predicted octanol–water partition coefficient (Wildman–Crippen LogP) is 3.72. The van der Waals surface area contributed by atoms with Crippen molar-refractivity contribution in [3.63, 3.8) is 0 Å². The molecule has 34 heavy (non-hydrogen) atoms. The van der Waals surface area contributed by atoms with E-state index in [0.29, 0.717) is 43.1 Å². The maximum atomic E-state index is 14.2. The van der Waals surface area contributed by atoms with Crippen LogP contribution in [0.15, 0.2) is 65.3 Å². The topological polar surface area (TPSA) is 91.6 Å². The molecular formula is C24H19F2N5O3. The van der Waals surface area contributed by atoms with Crippen molar-refractivity contribution in [1.82, 2.24) is 14.9 Å². The van der Waals surface area contributed by atoms with Crippen LogP contribution in [0.3, 0.4) is 0 Å². The molecule has 0 atom stereocenters. The molecule has 1 aliphatic rings. The number of aromatic nitrogens is 2. The lowest BCUT2D eigenvalue weighted by molar-refractivity contribution is 0.0718. The van der Waals surface area contributed by atoms with Gasteiger partial charge in [-0.3, -0.25) is 9.59 Å². The lowest BCUT2D eigenvalue weighted by Gasteiger charge is -2.34. The third kappa shape index (κ3) is 3.94. The molecule has 10 heteroatoms. The van der Waals surface area contributed by atoms with Crippen LogP contribution in [0, 0.1) is 11.6 Å². The van der Waals surface area contributed by atoms with Crippen LogP contribution in [0.1, 0.15) is 20.9 Å². The third-order valence-corrected chi connectivity index (χ3v) is 5.62. The van der Waals surface area contributed by atoms with Gasteiger partial charge in [0.25, 0.3) is 11.8 Å². The van der Waals surface area contributed by atoms with Crippen LogP contribution in [0.4, 0.5) is 20.4 Å². The summed E-state index contributed by atoms with van der Waals surface area (Å²) in [4.78, 5) is 38.2. The van der Waals surface area contributed by atoms with Crippen LogP contribution in [0.25, 0.3) is 11.0 Å². The number of carbonyl (C=O) groups is 2. The number of furan rings is 1. The summed E-state index contributed by atoms with van der Waals surface area (Å²) in [5.41, 5.74) is -0.295. The van der Waals surface area contributed by atoms with Crippen molar-refractivity contribution in [1.29, 1.82) is 0 Å². The van der Waals surface area contributed by atoms with Gasteiger partial charge in [-0.15, -0.1) is 0 Å². The molecule has 2 aromatic heterocycles. The number of nitrogens with zero attached hydrogens (tertiary/aromatic N) is 4. The minimum absolute atomic E-state index is 0.0714. The quantitative estimate of drug-likeness (QED) is 0.496. The molecule has 172 valence electrons. The highest BCUT2D eigenvalue weighted by Crippen LogP contribution is 2.33. The van der Waals surface area contributed by atoms with Crippen molar-refractivity contribution in [2.24, 2.45) is 0 Å². The number of hydrogen-bond donors (Lipinski definition) is 1. The van der Waals surface area contributed by atoms with E-state index in [9.17, 15) is 18.4 Å². The standard InChI is InChI=1S/C24H19F2N5O3/c25-16-6-3-7-17(26)19(16)22(32)29-20-15-5-1-2-8-18(15)34-21(20)23(33)30-11-13-31(14-12-30)24-27-9-4-10-28-24/h1-10H,11-14H2,(H,29,32). The van der Waals surface area contributed by atoms with Gasteiger partial charge in [-0.05, 0) is 30.3 Å². The first kappa shape index (κ1) is 21.5. The second-order valence-corrected chi connectivity index (χ2v) is 7.68. The fourth-order valence-electron chi connectivity index (χ4n) is 3.92. The molecule has 8 nitrogen and oxygen atoms in total. The molecular weight excluding hydrogens is 444 g/mol. The van der Waals surface area contributed by atoms with Crippen LogP contribution in [0.2, 0.25) is 0 Å². The van der Waals surface area contributed by atoms with Gasteiger partial charge >= 0.3 is 0 Å². The Morgan fingerprint density at radius 1 is 0.882 bits per heavy atom. The van der Waals surface area contributed by atoms with Crippen molar-refractivity contribution >= 4 is 34.4 Å². The Hall–Kier alpha value is -4.34. The van der Waals surface area contributed by atoms with E-state index >= 15 is 0 Å². The zero-order chi connectivity index (χ0) is 23.7. The normalized spacial score (nSPS) is 13.8. The van der Waals surface area contributed by atoms with E-state index in [4.69, 9.17) is 4.42 Å². The molecule has 2 aromatic carbocycles. The highest BCUT2D eigenvalue weighted by Gasteiger charge is 2.30. The number of piperazine rings is 1. The summed E-state index contributed by atoms with van der Waals surface area (Å²) in [5, 5.41) is 2.95. The maximum Gasteiger partial charge on any atom is 0.291 e. The number of carbonyl (C=O) groups excluding carboxylic acids is 2. The van der Waals surface area contributed by atoms with E-state index in [-0.39, 0.29) is 11.4 Å². The monoisotopic (exact) mass is 463 g/mol. The Morgan fingerprint density at radius 2 is 1.56 bits per heavy atom. The molecule has 0 radical (unpaired) electrons. The van der Waals surface area contributed by atoms with Crippen LogP contribution >= 0.6 is 0 Å². The first-order valence-electron chi connectivity index (χ1n) is 10.6. The molecule has 0 bridgehead atoms. The highest BCUT2D eigenvalue weighted by atomic mass is 19.1. The lowest BCUT2D eigenvalue weighted by atomic mass is 10.1. The molecule has 0 aliphatic carbocycles. The molecule has 1 N–H and O–H groups in total. The van der Waals surface area contributed by atoms with Gasteiger partial charge in [0.2, 0.25) is 11.7 Å². The number of halogens is 2. The fourth-order valence-corrected chi connectivity index (χ4v) is 3.92. The van der Waals surface area contributed by atoms with E-state index in [0.717, 1.165) is 12.1 Å². The van der Waals surface area contributed by atoms with Gasteiger partial charge in [-0.25, -0.2) is 18.7 Å². The minimum atomic E-state index is -1.01. The molecule has 3 heterocycles. The smallest absolute Gasteiger partial charge is 0.291 e. The number of nitrogens with one attached hydrogen (secondary N) is 1. The molecule has 1 aliphatic heterocycles. The second kappa shape index (κ2) is 8.89. The number of benzene rings is 2. The fraction of sp³-hybridized carbons (Fsp3) is 0.167. The summed E-state index contributed by atoms with van der Waals surface area (Å²) >= 11 is 0. The average Bonchev–Trinajstić information content (AvgIpc) is 3.22. The van der Waals surface area contributed by atoms with Crippen LogP contribution in [0.5, 0.6) is 0 Å². The van der Waals surface area contributed by atoms with Gasteiger partial charge in [-0.1, -0.05) is 18.2 Å². The number of anilines is 2. The summed E-state index contributed by atoms with van der Waals surface area (Å²) in [7, 11) is 0. The Bertz CT molecular complexity index is 1350. The van der Waals surface area contributed by atoms with E-state index in [1.165, 1.54) is 6.07 Å². The highest BCUT2D eigenvalue weighted by molar-refractivity contribution is 6.14. The zero-order valence-corrected chi connectivity index (χ0v) is 17.9. The SMILES string of the molecule is O=C(Nc1c(C(=O)N2CCN(c3ncccn3)CC2)oc2ccccc12)c1c(F)cccc1F. The summed E-state index contributed by atoms with van der Waals surface area (Å²) in [6.07, 6.45) is 3.31. The number of hydrogen-bond acceptors (Lipinski definition) is 6. The third-order valence-electron chi connectivity index (χ3n) is 5.62. The molecule has 2 amide bonds. The lowest BCUT2D eigenvalue weighted by Crippen LogP contribution is -2.49. The van der Waals surface area contributed by atoms with E-state index in [1.807, 2.05) is 4.90 Å². The Labute approximate surface area is 192 Å². The number of rotatable bonds is 4. The summed E-state index contributed by atoms with van der Waals surface area (Å²) in [6, 6.07) is 11.6. The van der Waals surface area contributed by atoms with Crippen molar-refractivity contribution in [3.05, 3.63) is 83.9 Å². The molecule has 1 saturated heterocycles. The average molecular weight is 463 g/mol. The Morgan fingerprint density at radius 3 is 2.26 bits per heavy atom. The van der Waals surface area contributed by atoms with Gasteiger partial charge in [0.1, 0.15) is 28.5 Å². The summed E-state index contributed by atoms with van der Waals surface area (Å²) < 4.78 is 34.1. The van der Waals surface area contributed by atoms with Gasteiger partial charge in [0.15, 0.2) is 0 Å². The molecule has 0 unspecified atom stereocenters. The molecule has 4 aromatic rings. The van der Waals surface area contributed by atoms with E-state index < -0.39 is 29.0 Å². The number of fused-ring (bicyclic) bond motifs is 1. The summed E-state index contributed by atoms with van der Waals surface area (Å²) in [6.45, 7) is 1.78. The molecule has 0 spiro atoms. The van der Waals surface area contributed by atoms with E-state index in [1.54, 1.807) is 47.6 Å². The van der Waals surface area contributed by atoms with Gasteiger partial charge in [0.05, 0.1) is 0 Å². The molecule has 5 rings (SSSR count).